The van der Waals surface area contributed by atoms with E-state index in [0.29, 0.717) is 11.5 Å². The molecule has 1 saturated carbocycles. The SMILES string of the molecule is COC1CC(N2CCC3(CCN(C)CC3)C2)C1. The van der Waals surface area contributed by atoms with E-state index in [1.54, 1.807) is 0 Å². The highest BCUT2D eigenvalue weighted by atomic mass is 16.5. The first kappa shape index (κ1) is 11.9. The molecule has 2 heterocycles. The molecule has 0 unspecified atom stereocenters. The summed E-state index contributed by atoms with van der Waals surface area (Å²) >= 11 is 0. The normalized spacial score (nSPS) is 38.5. The lowest BCUT2D eigenvalue weighted by Crippen LogP contribution is -2.48. The van der Waals surface area contributed by atoms with Gasteiger partial charge in [-0.05, 0) is 64.2 Å². The molecule has 0 atom stereocenters. The molecule has 98 valence electrons. The van der Waals surface area contributed by atoms with Gasteiger partial charge in [-0.25, -0.2) is 0 Å². The van der Waals surface area contributed by atoms with E-state index < -0.39 is 0 Å². The van der Waals surface area contributed by atoms with Crippen molar-refractivity contribution >= 4 is 0 Å². The lowest BCUT2D eigenvalue weighted by atomic mass is 9.77. The van der Waals surface area contributed by atoms with Crippen LogP contribution in [0.5, 0.6) is 0 Å². The Kier molecular flexibility index (Phi) is 3.18. The third-order valence-electron chi connectivity index (χ3n) is 5.44. The predicted molar refractivity (Wildman–Crippen MR) is 69.2 cm³/mol. The summed E-state index contributed by atoms with van der Waals surface area (Å²) in [6, 6.07) is 0.832. The van der Waals surface area contributed by atoms with Crippen LogP contribution in [0.3, 0.4) is 0 Å². The molecule has 17 heavy (non-hydrogen) atoms. The van der Waals surface area contributed by atoms with Gasteiger partial charge in [-0.3, -0.25) is 4.90 Å². The molecule has 2 saturated heterocycles. The van der Waals surface area contributed by atoms with Crippen LogP contribution in [0.4, 0.5) is 0 Å². The molecule has 1 spiro atoms. The molecule has 3 nitrogen and oxygen atoms in total. The van der Waals surface area contributed by atoms with Crippen molar-refractivity contribution < 1.29 is 4.74 Å². The molecule has 3 heteroatoms. The first-order chi connectivity index (χ1) is 8.21. The smallest absolute Gasteiger partial charge is 0.0601 e. The van der Waals surface area contributed by atoms with Gasteiger partial charge in [0, 0.05) is 19.7 Å². The molecule has 2 aliphatic heterocycles. The van der Waals surface area contributed by atoms with Gasteiger partial charge in [0.05, 0.1) is 6.10 Å². The summed E-state index contributed by atoms with van der Waals surface area (Å²) in [6.45, 7) is 5.31. The zero-order valence-electron chi connectivity index (χ0n) is 11.3. The van der Waals surface area contributed by atoms with Crippen LogP contribution in [0.1, 0.15) is 32.1 Å². The van der Waals surface area contributed by atoms with Gasteiger partial charge in [-0.1, -0.05) is 0 Å². The van der Waals surface area contributed by atoms with Crippen LogP contribution < -0.4 is 0 Å². The number of hydrogen-bond donors (Lipinski definition) is 0. The van der Waals surface area contributed by atoms with Crippen molar-refractivity contribution in [3.8, 4) is 0 Å². The van der Waals surface area contributed by atoms with Crippen LogP contribution in [0, 0.1) is 5.41 Å². The molecule has 0 bridgehead atoms. The van der Waals surface area contributed by atoms with E-state index >= 15 is 0 Å². The second-order valence-corrected chi connectivity index (χ2v) is 6.51. The van der Waals surface area contributed by atoms with Crippen molar-refractivity contribution in [3.63, 3.8) is 0 Å². The number of methoxy groups -OCH3 is 1. The van der Waals surface area contributed by atoms with Crippen LogP contribution in [-0.2, 0) is 4.74 Å². The fourth-order valence-electron chi connectivity index (χ4n) is 3.81. The lowest BCUT2D eigenvalue weighted by molar-refractivity contribution is -0.0250. The summed E-state index contributed by atoms with van der Waals surface area (Å²) in [4.78, 5) is 5.24. The zero-order chi connectivity index (χ0) is 11.9. The molecule has 3 fully saturated rings. The number of nitrogens with zero attached hydrogens (tertiary/aromatic N) is 2. The Labute approximate surface area is 105 Å². The molecular weight excluding hydrogens is 212 g/mol. The summed E-state index contributed by atoms with van der Waals surface area (Å²) in [7, 11) is 4.11. The largest absolute Gasteiger partial charge is 0.381 e. The summed E-state index contributed by atoms with van der Waals surface area (Å²) in [5.74, 6) is 0. The maximum atomic E-state index is 5.39. The number of ether oxygens (including phenoxy) is 1. The first-order valence-electron chi connectivity index (χ1n) is 7.16. The standard InChI is InChI=1S/C14H26N2O/c1-15-6-3-14(4-7-15)5-8-16(11-14)12-9-13(10-12)17-2/h12-13H,3-11H2,1-2H3. The maximum absolute atomic E-state index is 5.39. The number of piperidine rings is 1. The first-order valence-corrected chi connectivity index (χ1v) is 7.16. The Morgan fingerprint density at radius 2 is 1.71 bits per heavy atom. The lowest BCUT2D eigenvalue weighted by Gasteiger charge is -2.42. The summed E-state index contributed by atoms with van der Waals surface area (Å²) in [6.07, 6.45) is 7.36. The highest BCUT2D eigenvalue weighted by molar-refractivity contribution is 4.98. The molecular formula is C14H26N2O. The third kappa shape index (κ3) is 2.25. The van der Waals surface area contributed by atoms with Gasteiger partial charge in [0.25, 0.3) is 0 Å². The molecule has 0 radical (unpaired) electrons. The van der Waals surface area contributed by atoms with E-state index in [1.165, 1.54) is 58.3 Å². The minimum absolute atomic E-state index is 0.550. The highest BCUT2D eigenvalue weighted by Gasteiger charge is 2.44. The van der Waals surface area contributed by atoms with Crippen LogP contribution in [-0.4, -0.2) is 62.3 Å². The Morgan fingerprint density at radius 1 is 1.06 bits per heavy atom. The van der Waals surface area contributed by atoms with E-state index in [0.717, 1.165) is 6.04 Å². The van der Waals surface area contributed by atoms with Gasteiger partial charge in [0.1, 0.15) is 0 Å². The predicted octanol–water partition coefficient (Wildman–Crippen LogP) is 1.58. The summed E-state index contributed by atoms with van der Waals surface area (Å²) in [5, 5.41) is 0. The van der Waals surface area contributed by atoms with Crippen molar-refractivity contribution in [2.75, 3.05) is 40.3 Å². The molecule has 3 rings (SSSR count). The molecule has 0 N–H and O–H groups in total. The number of hydrogen-bond acceptors (Lipinski definition) is 3. The Morgan fingerprint density at radius 3 is 2.35 bits per heavy atom. The number of rotatable bonds is 2. The maximum Gasteiger partial charge on any atom is 0.0601 e. The van der Waals surface area contributed by atoms with Crippen molar-refractivity contribution in [3.05, 3.63) is 0 Å². The molecule has 0 aromatic carbocycles. The molecule has 0 amide bonds. The monoisotopic (exact) mass is 238 g/mol. The van der Waals surface area contributed by atoms with E-state index in [4.69, 9.17) is 4.74 Å². The van der Waals surface area contributed by atoms with Gasteiger partial charge in [0.2, 0.25) is 0 Å². The van der Waals surface area contributed by atoms with Gasteiger partial charge >= 0.3 is 0 Å². The minimum Gasteiger partial charge on any atom is -0.381 e. The zero-order valence-corrected chi connectivity index (χ0v) is 11.3. The van der Waals surface area contributed by atoms with Gasteiger partial charge in [-0.2, -0.15) is 0 Å². The summed E-state index contributed by atoms with van der Waals surface area (Å²) < 4.78 is 5.39. The minimum atomic E-state index is 0.550. The van der Waals surface area contributed by atoms with E-state index in [9.17, 15) is 0 Å². The Balaban J connectivity index is 1.52. The van der Waals surface area contributed by atoms with E-state index in [1.807, 2.05) is 7.11 Å². The van der Waals surface area contributed by atoms with E-state index in [2.05, 4.69) is 16.8 Å². The van der Waals surface area contributed by atoms with Gasteiger partial charge in [0.15, 0.2) is 0 Å². The van der Waals surface area contributed by atoms with Crippen LogP contribution in [0.25, 0.3) is 0 Å². The quantitative estimate of drug-likeness (QED) is 0.726. The van der Waals surface area contributed by atoms with Crippen molar-refractivity contribution in [1.82, 2.24) is 9.80 Å². The highest BCUT2D eigenvalue weighted by Crippen LogP contribution is 2.43. The van der Waals surface area contributed by atoms with Crippen LogP contribution >= 0.6 is 0 Å². The average Bonchev–Trinajstić information content (AvgIpc) is 2.66. The second kappa shape index (κ2) is 4.52. The molecule has 0 aromatic rings. The van der Waals surface area contributed by atoms with Crippen LogP contribution in [0.15, 0.2) is 0 Å². The van der Waals surface area contributed by atoms with Gasteiger partial charge in [-0.15, -0.1) is 0 Å². The third-order valence-corrected chi connectivity index (χ3v) is 5.44. The fraction of sp³-hybridized carbons (Fsp3) is 1.00. The molecule has 3 aliphatic rings. The van der Waals surface area contributed by atoms with Gasteiger partial charge < -0.3 is 9.64 Å². The summed E-state index contributed by atoms with van der Waals surface area (Å²) in [5.41, 5.74) is 0.671. The topological polar surface area (TPSA) is 15.7 Å². The fourth-order valence-corrected chi connectivity index (χ4v) is 3.81. The average molecular weight is 238 g/mol. The van der Waals surface area contributed by atoms with Crippen molar-refractivity contribution in [2.24, 2.45) is 5.41 Å². The molecule has 0 aromatic heterocycles. The number of likely N-dealkylation sites (tertiary alicyclic amines) is 2. The van der Waals surface area contributed by atoms with Crippen molar-refractivity contribution in [2.45, 2.75) is 44.2 Å². The van der Waals surface area contributed by atoms with Crippen LogP contribution in [0.2, 0.25) is 0 Å². The Hall–Kier alpha value is -0.120. The van der Waals surface area contributed by atoms with Crippen molar-refractivity contribution in [1.29, 1.82) is 0 Å². The molecule has 1 aliphatic carbocycles. The second-order valence-electron chi connectivity index (χ2n) is 6.51. The van der Waals surface area contributed by atoms with E-state index in [-0.39, 0.29) is 0 Å². The Bertz CT molecular complexity index is 267.